The first-order chi connectivity index (χ1) is 21.9. The number of halogens is 1. The minimum absolute atomic E-state index is 0.0146. The largest absolute Gasteiger partial charge is 0.477 e. The van der Waals surface area contributed by atoms with Crippen molar-refractivity contribution in [2.24, 2.45) is 23.7 Å². The zero-order valence-corrected chi connectivity index (χ0v) is 27.1. The van der Waals surface area contributed by atoms with Gasteiger partial charge in [0.25, 0.3) is 0 Å². The number of hydrogen-bond donors (Lipinski definition) is 4. The van der Waals surface area contributed by atoms with Crippen LogP contribution in [0.4, 0.5) is 15.0 Å². The molecule has 3 atom stereocenters. The van der Waals surface area contributed by atoms with E-state index in [1.807, 2.05) is 0 Å². The zero-order valence-electron chi connectivity index (χ0n) is 27.1. The number of pyridine rings is 1. The average Bonchev–Trinajstić information content (AvgIpc) is 3.65. The summed E-state index contributed by atoms with van der Waals surface area (Å²) in [6.45, 7) is 5.32. The lowest BCUT2D eigenvalue weighted by atomic mass is 9.75. The van der Waals surface area contributed by atoms with E-state index in [0.717, 1.165) is 32.1 Å². The maximum atomic E-state index is 14.1. The van der Waals surface area contributed by atoms with Crippen LogP contribution in [-0.4, -0.2) is 74.8 Å². The molecule has 3 amide bonds. The highest BCUT2D eigenvalue weighted by Gasteiger charge is 2.47. The summed E-state index contributed by atoms with van der Waals surface area (Å²) in [4.78, 5) is 61.0. The lowest BCUT2D eigenvalue weighted by molar-refractivity contribution is -0.142. The fourth-order valence-corrected chi connectivity index (χ4v) is 7.85. The Morgan fingerprint density at radius 2 is 1.78 bits per heavy atom. The van der Waals surface area contributed by atoms with Crippen LogP contribution in [0.3, 0.4) is 0 Å². The maximum Gasteiger partial charge on any atom is 0.407 e. The van der Waals surface area contributed by atoms with Crippen LogP contribution in [0.2, 0.25) is 0 Å². The van der Waals surface area contributed by atoms with Gasteiger partial charge in [-0.25, -0.2) is 14.6 Å². The Labute approximate surface area is 269 Å². The van der Waals surface area contributed by atoms with Crippen molar-refractivity contribution in [1.82, 2.24) is 20.2 Å². The van der Waals surface area contributed by atoms with Crippen LogP contribution in [-0.2, 0) is 14.3 Å². The number of hydrogen-bond acceptors (Lipinski definition) is 6. The molecule has 1 saturated heterocycles. The van der Waals surface area contributed by atoms with Crippen LogP contribution >= 0.6 is 0 Å². The molecule has 11 nitrogen and oxygen atoms in total. The number of aromatic nitrogens is 2. The van der Waals surface area contributed by atoms with Gasteiger partial charge in [-0.2, -0.15) is 0 Å². The third-order valence-corrected chi connectivity index (χ3v) is 10.0. The molecule has 3 aliphatic rings. The maximum absolute atomic E-state index is 14.1. The topological polar surface area (TPSA) is 154 Å². The van der Waals surface area contributed by atoms with E-state index in [2.05, 4.69) is 20.6 Å². The molecule has 2 aromatic rings. The van der Waals surface area contributed by atoms with Crippen LogP contribution in [0.5, 0.6) is 0 Å². The van der Waals surface area contributed by atoms with Crippen LogP contribution < -0.4 is 10.6 Å². The van der Waals surface area contributed by atoms with Crippen LogP contribution in [0.1, 0.15) is 102 Å². The number of alkyl halides is 1. The summed E-state index contributed by atoms with van der Waals surface area (Å²) in [5.74, 6) is -0.833. The fraction of sp³-hybridized carbons (Fsp3) is 0.676. The molecule has 3 fully saturated rings. The number of aromatic carboxylic acids is 1. The van der Waals surface area contributed by atoms with Crippen molar-refractivity contribution in [3.05, 3.63) is 23.9 Å². The number of rotatable bonds is 9. The van der Waals surface area contributed by atoms with Crippen molar-refractivity contribution >= 4 is 40.7 Å². The molecular weight excluding hydrogens is 593 g/mol. The quantitative estimate of drug-likeness (QED) is 0.260. The molecule has 2 aromatic heterocycles. The van der Waals surface area contributed by atoms with E-state index in [9.17, 15) is 28.7 Å². The number of H-pyrrole nitrogens is 1. The van der Waals surface area contributed by atoms with Gasteiger partial charge in [0.15, 0.2) is 0 Å². The standard InChI is InChI=1S/C34H48FN5O6/c1-34(2,3)46-33(45)38-24(15-17-35)21-9-11-22(12-10-21)31(42)40-18-16-23(20-7-5-4-6-8-20)29(40)30(41)39-28-14-13-25-26(37-28)19-27(36-25)32(43)44/h13-14,19-24,29,36H,4-12,15-18H2,1-3H3,(H,38,45)(H,43,44)(H,37,39,41)/t21-,22-,23-,24+,29-/m0/s1. The van der Waals surface area contributed by atoms with Crippen molar-refractivity contribution in [3.8, 4) is 0 Å². The Morgan fingerprint density at radius 3 is 2.43 bits per heavy atom. The Bertz CT molecular complexity index is 1410. The summed E-state index contributed by atoms with van der Waals surface area (Å²) in [5, 5.41) is 15.1. The van der Waals surface area contributed by atoms with Crippen molar-refractivity contribution in [2.45, 2.75) is 109 Å². The molecule has 2 saturated carbocycles. The fourth-order valence-electron chi connectivity index (χ4n) is 7.85. The molecule has 0 unspecified atom stereocenters. The van der Waals surface area contributed by atoms with Gasteiger partial charge in [0.05, 0.1) is 17.7 Å². The number of carbonyl (C=O) groups is 4. The number of ether oxygens (including phenoxy) is 1. The molecular formula is C34H48FN5O6. The van der Waals surface area contributed by atoms with E-state index in [1.165, 1.54) is 12.5 Å². The Morgan fingerprint density at radius 1 is 1.07 bits per heavy atom. The second-order valence-corrected chi connectivity index (χ2v) is 14.3. The molecule has 3 heterocycles. The molecule has 0 radical (unpaired) electrons. The summed E-state index contributed by atoms with van der Waals surface area (Å²) in [6, 6.07) is 3.78. The van der Waals surface area contributed by atoms with Crippen molar-refractivity contribution in [2.75, 3.05) is 18.5 Å². The number of carboxylic acid groups (broad SMARTS) is 1. The van der Waals surface area contributed by atoms with Gasteiger partial charge < -0.3 is 30.4 Å². The summed E-state index contributed by atoms with van der Waals surface area (Å²) in [5.41, 5.74) is 0.348. The number of nitrogens with zero attached hydrogens (tertiary/aromatic N) is 2. The number of carbonyl (C=O) groups excluding carboxylic acids is 3. The highest BCUT2D eigenvalue weighted by molar-refractivity contribution is 5.99. The monoisotopic (exact) mass is 641 g/mol. The van der Waals surface area contributed by atoms with Crippen molar-refractivity contribution < 1.29 is 33.4 Å². The number of alkyl carbamates (subject to hydrolysis) is 1. The first kappa shape index (κ1) is 33.7. The highest BCUT2D eigenvalue weighted by Crippen LogP contribution is 2.41. The van der Waals surface area contributed by atoms with Crippen LogP contribution in [0.15, 0.2) is 18.2 Å². The summed E-state index contributed by atoms with van der Waals surface area (Å²) in [7, 11) is 0. The predicted molar refractivity (Wildman–Crippen MR) is 171 cm³/mol. The third kappa shape index (κ3) is 7.98. The Hall–Kier alpha value is -3.70. The Kier molecular flexibility index (Phi) is 10.5. The van der Waals surface area contributed by atoms with Gasteiger partial charge in [0, 0.05) is 18.5 Å². The van der Waals surface area contributed by atoms with E-state index in [1.54, 1.807) is 37.8 Å². The summed E-state index contributed by atoms with van der Waals surface area (Å²) < 4.78 is 18.9. The molecule has 1 aliphatic heterocycles. The van der Waals surface area contributed by atoms with E-state index < -0.39 is 30.4 Å². The van der Waals surface area contributed by atoms with Crippen molar-refractivity contribution in [3.63, 3.8) is 0 Å². The number of nitrogens with one attached hydrogen (secondary N) is 3. The minimum atomic E-state index is -1.09. The van der Waals surface area contributed by atoms with E-state index in [0.29, 0.717) is 55.0 Å². The summed E-state index contributed by atoms with van der Waals surface area (Å²) in [6.07, 6.45) is 8.52. The van der Waals surface area contributed by atoms with E-state index >= 15 is 0 Å². The van der Waals surface area contributed by atoms with Gasteiger partial charge in [0.2, 0.25) is 11.8 Å². The molecule has 0 aromatic carbocycles. The highest BCUT2D eigenvalue weighted by atomic mass is 19.1. The molecule has 2 aliphatic carbocycles. The number of likely N-dealkylation sites (tertiary alicyclic amines) is 1. The lowest BCUT2D eigenvalue weighted by Gasteiger charge is -2.37. The molecule has 12 heteroatoms. The number of amides is 3. The lowest BCUT2D eigenvalue weighted by Crippen LogP contribution is -2.50. The predicted octanol–water partition coefficient (Wildman–Crippen LogP) is 6.06. The van der Waals surface area contributed by atoms with Gasteiger partial charge >= 0.3 is 12.1 Å². The second kappa shape index (κ2) is 14.4. The van der Waals surface area contributed by atoms with Gasteiger partial charge in [-0.1, -0.05) is 32.1 Å². The van der Waals surface area contributed by atoms with Crippen LogP contribution in [0.25, 0.3) is 11.0 Å². The average molecular weight is 642 g/mol. The third-order valence-electron chi connectivity index (χ3n) is 10.0. The zero-order chi connectivity index (χ0) is 33.0. The van der Waals surface area contributed by atoms with Gasteiger partial charge in [-0.15, -0.1) is 0 Å². The Balaban J connectivity index is 1.27. The molecule has 0 bridgehead atoms. The van der Waals surface area contributed by atoms with Gasteiger partial charge in [-0.3, -0.25) is 14.0 Å². The molecule has 4 N–H and O–H groups in total. The molecule has 252 valence electrons. The van der Waals surface area contributed by atoms with Crippen molar-refractivity contribution in [1.29, 1.82) is 0 Å². The second-order valence-electron chi connectivity index (χ2n) is 14.3. The number of anilines is 1. The van der Waals surface area contributed by atoms with Gasteiger partial charge in [0.1, 0.15) is 23.2 Å². The first-order valence-corrected chi connectivity index (χ1v) is 16.8. The first-order valence-electron chi connectivity index (χ1n) is 16.8. The van der Waals surface area contributed by atoms with Gasteiger partial charge in [-0.05, 0) is 95.2 Å². The molecule has 0 spiro atoms. The smallest absolute Gasteiger partial charge is 0.407 e. The number of carboxylic acids is 1. The molecule has 5 rings (SSSR count). The summed E-state index contributed by atoms with van der Waals surface area (Å²) >= 11 is 0. The minimum Gasteiger partial charge on any atom is -0.477 e. The molecule has 46 heavy (non-hydrogen) atoms. The van der Waals surface area contributed by atoms with Crippen LogP contribution in [0, 0.1) is 23.7 Å². The number of aromatic amines is 1. The van der Waals surface area contributed by atoms with E-state index in [4.69, 9.17) is 4.74 Å². The SMILES string of the molecule is CC(C)(C)OC(=O)N[C@H](CCF)[C@H]1CC[C@H](C(=O)N2CC[C@@H](C3CCCCC3)[C@H]2C(=O)Nc2ccc3[nH]c(C(=O)O)cc3n2)CC1. The normalized spacial score (nSPS) is 24.8. The number of fused-ring (bicyclic) bond motifs is 1. The van der Waals surface area contributed by atoms with E-state index in [-0.39, 0.29) is 47.7 Å².